The Morgan fingerprint density at radius 2 is 2.33 bits per heavy atom. The fourth-order valence-electron chi connectivity index (χ4n) is 2.38. The Bertz CT molecular complexity index is 322. The van der Waals surface area contributed by atoms with E-state index in [2.05, 4.69) is 41.5 Å². The third kappa shape index (κ3) is 2.72. The molecule has 2 nitrogen and oxygen atoms in total. The Kier molecular flexibility index (Phi) is 3.27. The summed E-state index contributed by atoms with van der Waals surface area (Å²) in [6.45, 7) is 2.51. The Morgan fingerprint density at radius 1 is 1.47 bits per heavy atom. The number of anilines is 1. The maximum Gasteiger partial charge on any atom is 0.0340 e. The van der Waals surface area contributed by atoms with Gasteiger partial charge in [0.1, 0.15) is 0 Å². The van der Waals surface area contributed by atoms with Gasteiger partial charge in [-0.25, -0.2) is 0 Å². The fraction of sp³-hybridized carbons (Fsp3) is 0.538. The first kappa shape index (κ1) is 10.5. The lowest BCUT2D eigenvalue weighted by atomic mass is 9.98. The SMILES string of the molecule is CNc1cccc(CC2CCN(C)C2)c1. The molecule has 1 N–H and O–H groups in total. The summed E-state index contributed by atoms with van der Waals surface area (Å²) in [7, 11) is 4.19. The lowest BCUT2D eigenvalue weighted by Crippen LogP contribution is -2.14. The van der Waals surface area contributed by atoms with E-state index in [1.807, 2.05) is 7.05 Å². The zero-order valence-corrected chi connectivity index (χ0v) is 9.66. The normalized spacial score (nSPS) is 21.9. The van der Waals surface area contributed by atoms with Gasteiger partial charge in [0.15, 0.2) is 0 Å². The summed E-state index contributed by atoms with van der Waals surface area (Å²) in [5.74, 6) is 0.849. The van der Waals surface area contributed by atoms with E-state index in [0.717, 1.165) is 5.92 Å². The Hall–Kier alpha value is -1.02. The molecule has 1 aromatic carbocycles. The van der Waals surface area contributed by atoms with Crippen molar-refractivity contribution in [2.45, 2.75) is 12.8 Å². The van der Waals surface area contributed by atoms with E-state index in [1.165, 1.54) is 37.2 Å². The van der Waals surface area contributed by atoms with Gasteiger partial charge in [0, 0.05) is 19.3 Å². The quantitative estimate of drug-likeness (QED) is 0.812. The van der Waals surface area contributed by atoms with Crippen LogP contribution in [0.25, 0.3) is 0 Å². The van der Waals surface area contributed by atoms with Crippen LogP contribution >= 0.6 is 0 Å². The second-order valence-electron chi connectivity index (χ2n) is 4.57. The predicted molar refractivity (Wildman–Crippen MR) is 65.3 cm³/mol. The van der Waals surface area contributed by atoms with Crippen LogP contribution in [-0.2, 0) is 6.42 Å². The first-order valence-electron chi connectivity index (χ1n) is 5.73. The summed E-state index contributed by atoms with van der Waals surface area (Å²) in [5, 5.41) is 3.19. The van der Waals surface area contributed by atoms with E-state index in [1.54, 1.807) is 0 Å². The van der Waals surface area contributed by atoms with Gasteiger partial charge >= 0.3 is 0 Å². The molecule has 1 aliphatic rings. The Balaban J connectivity index is 1.98. The van der Waals surface area contributed by atoms with Crippen LogP contribution in [0.15, 0.2) is 24.3 Å². The maximum absolute atomic E-state index is 3.19. The highest BCUT2D eigenvalue weighted by atomic mass is 15.1. The number of nitrogens with zero attached hydrogens (tertiary/aromatic N) is 1. The van der Waals surface area contributed by atoms with Crippen LogP contribution in [0.4, 0.5) is 5.69 Å². The standard InChI is InChI=1S/C13H20N2/c1-14-13-5-3-4-11(9-13)8-12-6-7-15(2)10-12/h3-5,9,12,14H,6-8,10H2,1-2H3. The van der Waals surface area contributed by atoms with Gasteiger partial charge in [-0.3, -0.25) is 0 Å². The van der Waals surface area contributed by atoms with Crippen molar-refractivity contribution in [2.24, 2.45) is 5.92 Å². The molecule has 0 saturated carbocycles. The zero-order chi connectivity index (χ0) is 10.7. The van der Waals surface area contributed by atoms with Gasteiger partial charge in [-0.2, -0.15) is 0 Å². The van der Waals surface area contributed by atoms with Crippen LogP contribution < -0.4 is 5.32 Å². The van der Waals surface area contributed by atoms with Gasteiger partial charge in [0.05, 0.1) is 0 Å². The molecule has 2 heteroatoms. The summed E-state index contributed by atoms with van der Waals surface area (Å²) in [6, 6.07) is 8.75. The Morgan fingerprint density at radius 3 is 3.00 bits per heavy atom. The molecule has 1 heterocycles. The third-order valence-corrected chi connectivity index (χ3v) is 3.23. The number of hydrogen-bond acceptors (Lipinski definition) is 2. The van der Waals surface area contributed by atoms with Crippen LogP contribution in [0.5, 0.6) is 0 Å². The second-order valence-corrected chi connectivity index (χ2v) is 4.57. The molecule has 0 radical (unpaired) electrons. The number of nitrogens with one attached hydrogen (secondary N) is 1. The molecule has 15 heavy (non-hydrogen) atoms. The topological polar surface area (TPSA) is 15.3 Å². The molecular weight excluding hydrogens is 184 g/mol. The summed E-state index contributed by atoms with van der Waals surface area (Å²) >= 11 is 0. The minimum absolute atomic E-state index is 0.849. The Labute approximate surface area is 92.3 Å². The van der Waals surface area contributed by atoms with Crippen molar-refractivity contribution in [2.75, 3.05) is 32.5 Å². The molecule has 1 fully saturated rings. The third-order valence-electron chi connectivity index (χ3n) is 3.23. The monoisotopic (exact) mass is 204 g/mol. The van der Waals surface area contributed by atoms with Crippen molar-refractivity contribution in [1.82, 2.24) is 4.90 Å². The lowest BCUT2D eigenvalue weighted by Gasteiger charge is -2.11. The van der Waals surface area contributed by atoms with Crippen LogP contribution in [0.2, 0.25) is 0 Å². The molecule has 1 aliphatic heterocycles. The predicted octanol–water partition coefficient (Wildman–Crippen LogP) is 2.22. The molecule has 1 aromatic rings. The highest BCUT2D eigenvalue weighted by molar-refractivity contribution is 5.45. The minimum atomic E-state index is 0.849. The molecule has 1 unspecified atom stereocenters. The number of hydrogen-bond donors (Lipinski definition) is 1. The van der Waals surface area contributed by atoms with Crippen molar-refractivity contribution < 1.29 is 0 Å². The highest BCUT2D eigenvalue weighted by Gasteiger charge is 2.19. The smallest absolute Gasteiger partial charge is 0.0340 e. The van der Waals surface area contributed by atoms with Crippen molar-refractivity contribution in [3.63, 3.8) is 0 Å². The summed E-state index contributed by atoms with van der Waals surface area (Å²) in [4.78, 5) is 2.42. The average Bonchev–Trinajstić information content (AvgIpc) is 2.64. The summed E-state index contributed by atoms with van der Waals surface area (Å²) < 4.78 is 0. The first-order valence-corrected chi connectivity index (χ1v) is 5.73. The molecule has 0 spiro atoms. The average molecular weight is 204 g/mol. The second kappa shape index (κ2) is 4.67. The van der Waals surface area contributed by atoms with Crippen molar-refractivity contribution in [3.05, 3.63) is 29.8 Å². The minimum Gasteiger partial charge on any atom is -0.388 e. The lowest BCUT2D eigenvalue weighted by molar-refractivity contribution is 0.394. The molecule has 0 aromatic heterocycles. The maximum atomic E-state index is 3.19. The largest absolute Gasteiger partial charge is 0.388 e. The molecule has 1 saturated heterocycles. The molecular formula is C13H20N2. The van der Waals surface area contributed by atoms with Gasteiger partial charge in [-0.1, -0.05) is 12.1 Å². The van der Waals surface area contributed by atoms with Gasteiger partial charge in [-0.05, 0) is 50.0 Å². The molecule has 1 atom stereocenters. The van der Waals surface area contributed by atoms with Gasteiger partial charge < -0.3 is 10.2 Å². The van der Waals surface area contributed by atoms with Gasteiger partial charge in [0.2, 0.25) is 0 Å². The molecule has 0 amide bonds. The van der Waals surface area contributed by atoms with Crippen LogP contribution in [-0.4, -0.2) is 32.1 Å². The molecule has 2 rings (SSSR count). The first-order chi connectivity index (χ1) is 7.28. The van der Waals surface area contributed by atoms with Gasteiger partial charge in [0.25, 0.3) is 0 Å². The van der Waals surface area contributed by atoms with E-state index in [-0.39, 0.29) is 0 Å². The number of benzene rings is 1. The van der Waals surface area contributed by atoms with Crippen molar-refractivity contribution >= 4 is 5.69 Å². The van der Waals surface area contributed by atoms with E-state index >= 15 is 0 Å². The fourth-order valence-corrected chi connectivity index (χ4v) is 2.38. The van der Waals surface area contributed by atoms with E-state index < -0.39 is 0 Å². The molecule has 82 valence electrons. The van der Waals surface area contributed by atoms with Gasteiger partial charge in [-0.15, -0.1) is 0 Å². The summed E-state index contributed by atoms with van der Waals surface area (Å²) in [6.07, 6.45) is 2.57. The zero-order valence-electron chi connectivity index (χ0n) is 9.66. The number of likely N-dealkylation sites (tertiary alicyclic amines) is 1. The molecule has 0 aliphatic carbocycles. The van der Waals surface area contributed by atoms with Crippen LogP contribution in [0.1, 0.15) is 12.0 Å². The van der Waals surface area contributed by atoms with E-state index in [4.69, 9.17) is 0 Å². The molecule has 0 bridgehead atoms. The van der Waals surface area contributed by atoms with Crippen molar-refractivity contribution in [3.8, 4) is 0 Å². The van der Waals surface area contributed by atoms with Crippen LogP contribution in [0.3, 0.4) is 0 Å². The van der Waals surface area contributed by atoms with Crippen molar-refractivity contribution in [1.29, 1.82) is 0 Å². The van der Waals surface area contributed by atoms with E-state index in [9.17, 15) is 0 Å². The summed E-state index contributed by atoms with van der Waals surface area (Å²) in [5.41, 5.74) is 2.68. The highest BCUT2D eigenvalue weighted by Crippen LogP contribution is 2.20. The number of rotatable bonds is 3. The van der Waals surface area contributed by atoms with Crippen LogP contribution in [0, 0.1) is 5.92 Å². The van der Waals surface area contributed by atoms with E-state index in [0.29, 0.717) is 0 Å².